The molecule has 0 saturated heterocycles. The van der Waals surface area contributed by atoms with Crippen LogP contribution in [0.15, 0.2) is 29.3 Å². The smallest absolute Gasteiger partial charge is 0.191 e. The van der Waals surface area contributed by atoms with Gasteiger partial charge in [-0.05, 0) is 36.3 Å². The maximum Gasteiger partial charge on any atom is 0.191 e. The molecule has 0 unspecified atom stereocenters. The number of aliphatic imine (C=N–C) groups is 1. The largest absolute Gasteiger partial charge is 0.493 e. The van der Waals surface area contributed by atoms with E-state index >= 15 is 0 Å². The zero-order chi connectivity index (χ0) is 16.2. The molecule has 23 heavy (non-hydrogen) atoms. The fraction of sp³-hybridized carbons (Fsp3) is 0.588. The van der Waals surface area contributed by atoms with E-state index in [-0.39, 0.29) is 24.0 Å². The van der Waals surface area contributed by atoms with Crippen molar-refractivity contribution in [2.75, 3.05) is 38.8 Å². The van der Waals surface area contributed by atoms with Crippen molar-refractivity contribution in [3.8, 4) is 5.75 Å². The monoisotopic (exact) mass is 451 g/mol. The van der Waals surface area contributed by atoms with Crippen LogP contribution in [0.2, 0.25) is 0 Å². The van der Waals surface area contributed by atoms with Crippen molar-refractivity contribution < 1.29 is 4.74 Å². The number of thioether (sulfide) groups is 1. The average molecular weight is 451 g/mol. The van der Waals surface area contributed by atoms with Gasteiger partial charge in [-0.15, -0.1) is 24.0 Å². The van der Waals surface area contributed by atoms with Crippen LogP contribution in [0.4, 0.5) is 0 Å². The van der Waals surface area contributed by atoms with Crippen molar-refractivity contribution in [3.05, 3.63) is 29.8 Å². The highest BCUT2D eigenvalue weighted by Crippen LogP contribution is 2.13. The van der Waals surface area contributed by atoms with Gasteiger partial charge in [0.05, 0.1) is 6.61 Å². The molecule has 1 aromatic rings. The van der Waals surface area contributed by atoms with E-state index in [1.807, 2.05) is 23.9 Å². The summed E-state index contributed by atoms with van der Waals surface area (Å²) in [5, 5.41) is 6.62. The van der Waals surface area contributed by atoms with Crippen LogP contribution in [0.5, 0.6) is 5.75 Å². The standard InChI is InChI=1S/C17H29N3OS.HI/c1-14(2)13-21-16-7-5-15(6-8-16)9-10-19-17(18-3)20-11-12-22-4;/h5-8,14H,9-13H2,1-4H3,(H2,18,19,20);1H. The number of hydrogen-bond donors (Lipinski definition) is 2. The van der Waals surface area contributed by atoms with E-state index in [1.54, 1.807) is 7.05 Å². The summed E-state index contributed by atoms with van der Waals surface area (Å²) in [6.07, 6.45) is 3.07. The molecule has 4 nitrogen and oxygen atoms in total. The summed E-state index contributed by atoms with van der Waals surface area (Å²) in [6, 6.07) is 8.34. The van der Waals surface area contributed by atoms with Crippen molar-refractivity contribution in [2.45, 2.75) is 20.3 Å². The van der Waals surface area contributed by atoms with Crippen LogP contribution in [0.25, 0.3) is 0 Å². The molecule has 0 aliphatic carbocycles. The van der Waals surface area contributed by atoms with Gasteiger partial charge in [0.25, 0.3) is 0 Å². The molecule has 0 amide bonds. The Kier molecular flexibility index (Phi) is 13.4. The van der Waals surface area contributed by atoms with Gasteiger partial charge in [-0.25, -0.2) is 0 Å². The number of hydrogen-bond acceptors (Lipinski definition) is 3. The molecule has 0 saturated carbocycles. The van der Waals surface area contributed by atoms with E-state index in [4.69, 9.17) is 4.74 Å². The number of guanidine groups is 1. The first kappa shape index (κ1) is 22.4. The Morgan fingerprint density at radius 3 is 2.39 bits per heavy atom. The summed E-state index contributed by atoms with van der Waals surface area (Å²) in [5.41, 5.74) is 1.30. The maximum atomic E-state index is 5.69. The number of nitrogens with zero attached hydrogens (tertiary/aromatic N) is 1. The zero-order valence-corrected chi connectivity index (χ0v) is 17.7. The summed E-state index contributed by atoms with van der Waals surface area (Å²) in [6.45, 7) is 6.87. The molecule has 0 bridgehead atoms. The quantitative estimate of drug-likeness (QED) is 0.262. The first-order valence-electron chi connectivity index (χ1n) is 7.81. The predicted molar refractivity (Wildman–Crippen MR) is 114 cm³/mol. The van der Waals surface area contributed by atoms with Gasteiger partial charge >= 0.3 is 0 Å². The van der Waals surface area contributed by atoms with Crippen molar-refractivity contribution in [1.29, 1.82) is 0 Å². The predicted octanol–water partition coefficient (Wildman–Crippen LogP) is 3.41. The molecular formula is C17H30IN3OS. The zero-order valence-electron chi connectivity index (χ0n) is 14.6. The van der Waals surface area contributed by atoms with Gasteiger partial charge in [0, 0.05) is 25.9 Å². The summed E-state index contributed by atoms with van der Waals surface area (Å²) >= 11 is 1.82. The Bertz CT molecular complexity index is 438. The molecule has 0 aliphatic rings. The fourth-order valence-corrected chi connectivity index (χ4v) is 2.14. The molecule has 0 atom stereocenters. The van der Waals surface area contributed by atoms with Gasteiger partial charge in [-0.2, -0.15) is 11.8 Å². The molecule has 0 spiro atoms. The lowest BCUT2D eigenvalue weighted by Gasteiger charge is -2.12. The van der Waals surface area contributed by atoms with Crippen molar-refractivity contribution in [1.82, 2.24) is 10.6 Å². The first-order chi connectivity index (χ1) is 10.7. The van der Waals surface area contributed by atoms with E-state index in [2.05, 4.69) is 47.9 Å². The minimum atomic E-state index is 0. The second-order valence-electron chi connectivity index (χ2n) is 5.52. The number of halogens is 1. The molecule has 132 valence electrons. The van der Waals surface area contributed by atoms with Gasteiger partial charge in [-0.1, -0.05) is 26.0 Å². The van der Waals surface area contributed by atoms with Crippen molar-refractivity contribution in [3.63, 3.8) is 0 Å². The van der Waals surface area contributed by atoms with Crippen LogP contribution in [-0.2, 0) is 6.42 Å². The molecule has 6 heteroatoms. The van der Waals surface area contributed by atoms with Crippen LogP contribution in [0, 0.1) is 5.92 Å². The highest BCUT2D eigenvalue weighted by atomic mass is 127. The lowest BCUT2D eigenvalue weighted by molar-refractivity contribution is 0.271. The Labute approximate surface area is 162 Å². The Balaban J connectivity index is 0.00000484. The Morgan fingerprint density at radius 1 is 1.17 bits per heavy atom. The third-order valence-electron chi connectivity index (χ3n) is 3.04. The topological polar surface area (TPSA) is 45.7 Å². The van der Waals surface area contributed by atoms with Crippen molar-refractivity contribution in [2.24, 2.45) is 10.9 Å². The van der Waals surface area contributed by atoms with E-state index in [0.717, 1.165) is 43.6 Å². The molecule has 0 heterocycles. The van der Waals surface area contributed by atoms with Crippen LogP contribution in [0.3, 0.4) is 0 Å². The van der Waals surface area contributed by atoms with Crippen LogP contribution in [0.1, 0.15) is 19.4 Å². The van der Waals surface area contributed by atoms with Crippen LogP contribution in [-0.4, -0.2) is 44.7 Å². The van der Waals surface area contributed by atoms with E-state index in [1.165, 1.54) is 5.56 Å². The maximum absolute atomic E-state index is 5.69. The van der Waals surface area contributed by atoms with E-state index < -0.39 is 0 Å². The SMILES string of the molecule is CN=C(NCCSC)NCCc1ccc(OCC(C)C)cc1.I. The van der Waals surface area contributed by atoms with Gasteiger partial charge in [0.2, 0.25) is 0 Å². The third-order valence-corrected chi connectivity index (χ3v) is 3.65. The second kappa shape index (κ2) is 13.8. The van der Waals surface area contributed by atoms with Gasteiger partial charge < -0.3 is 15.4 Å². The lowest BCUT2D eigenvalue weighted by atomic mass is 10.1. The molecule has 1 aromatic carbocycles. The molecule has 0 radical (unpaired) electrons. The minimum Gasteiger partial charge on any atom is -0.493 e. The number of nitrogens with one attached hydrogen (secondary N) is 2. The second-order valence-corrected chi connectivity index (χ2v) is 6.50. The highest BCUT2D eigenvalue weighted by Gasteiger charge is 2.00. The van der Waals surface area contributed by atoms with Gasteiger partial charge in [-0.3, -0.25) is 4.99 Å². The summed E-state index contributed by atoms with van der Waals surface area (Å²) in [7, 11) is 1.80. The molecule has 2 N–H and O–H groups in total. The average Bonchev–Trinajstić information content (AvgIpc) is 2.52. The van der Waals surface area contributed by atoms with Crippen LogP contribution >= 0.6 is 35.7 Å². The Hall–Kier alpha value is -0.630. The molecule has 0 fully saturated rings. The fourth-order valence-electron chi connectivity index (χ4n) is 1.83. The van der Waals surface area contributed by atoms with E-state index in [9.17, 15) is 0 Å². The van der Waals surface area contributed by atoms with E-state index in [0.29, 0.717) is 5.92 Å². The summed E-state index contributed by atoms with van der Waals surface area (Å²) in [4.78, 5) is 4.21. The molecule has 0 aliphatic heterocycles. The van der Waals surface area contributed by atoms with Crippen LogP contribution < -0.4 is 15.4 Å². The lowest BCUT2D eigenvalue weighted by Crippen LogP contribution is -2.39. The number of benzene rings is 1. The normalized spacial score (nSPS) is 11.1. The summed E-state index contributed by atoms with van der Waals surface area (Å²) < 4.78 is 5.69. The molecule has 1 rings (SSSR count). The van der Waals surface area contributed by atoms with Gasteiger partial charge in [0.15, 0.2) is 5.96 Å². The first-order valence-corrected chi connectivity index (χ1v) is 9.20. The molecule has 0 aromatic heterocycles. The minimum absolute atomic E-state index is 0. The number of ether oxygens (including phenoxy) is 1. The third kappa shape index (κ3) is 10.7. The van der Waals surface area contributed by atoms with Gasteiger partial charge in [0.1, 0.15) is 5.75 Å². The Morgan fingerprint density at radius 2 is 1.83 bits per heavy atom. The summed E-state index contributed by atoms with van der Waals surface area (Å²) in [5.74, 6) is 3.44. The van der Waals surface area contributed by atoms with Crippen molar-refractivity contribution >= 4 is 41.7 Å². The highest BCUT2D eigenvalue weighted by molar-refractivity contribution is 14.0. The molecular weight excluding hydrogens is 421 g/mol. The number of rotatable bonds is 9.